The molecule has 0 fully saturated rings. The highest BCUT2D eigenvalue weighted by Gasteiger charge is 2.14. The highest BCUT2D eigenvalue weighted by atomic mass is 32.2. The second-order valence-electron chi connectivity index (χ2n) is 4.69. The molecule has 1 unspecified atom stereocenters. The van der Waals surface area contributed by atoms with Crippen molar-refractivity contribution >= 4 is 21.2 Å². The smallest absolute Gasteiger partial charge is 0.175 e. The number of anilines is 2. The van der Waals surface area contributed by atoms with Gasteiger partial charge in [-0.2, -0.15) is 0 Å². The van der Waals surface area contributed by atoms with Crippen LogP contribution < -0.4 is 11.1 Å². The first-order valence-electron chi connectivity index (χ1n) is 5.99. The lowest BCUT2D eigenvalue weighted by Gasteiger charge is -2.16. The number of hydrogen-bond donors (Lipinski definition) is 2. The van der Waals surface area contributed by atoms with Gasteiger partial charge in [0.25, 0.3) is 0 Å². The van der Waals surface area contributed by atoms with Gasteiger partial charge in [0.1, 0.15) is 6.33 Å². The zero-order valence-corrected chi connectivity index (χ0v) is 12.3. The molecule has 1 aromatic heterocycles. The molecule has 0 aliphatic carbocycles. The zero-order chi connectivity index (χ0) is 14.9. The number of nitrogens with zero attached hydrogens (tertiary/aromatic N) is 3. The van der Waals surface area contributed by atoms with Crippen LogP contribution in [-0.4, -0.2) is 29.4 Å². The Balaban J connectivity index is 2.25. The van der Waals surface area contributed by atoms with Crippen molar-refractivity contribution in [2.24, 2.45) is 7.05 Å². The average Bonchev–Trinajstić information content (AvgIpc) is 2.76. The number of nitrogen functional groups attached to an aromatic ring is 1. The molecule has 20 heavy (non-hydrogen) atoms. The maximum absolute atomic E-state index is 11.5. The number of aromatic nitrogens is 3. The minimum absolute atomic E-state index is 0.103. The van der Waals surface area contributed by atoms with Crippen molar-refractivity contribution in [1.82, 2.24) is 14.8 Å². The van der Waals surface area contributed by atoms with Crippen LogP contribution in [0, 0.1) is 0 Å². The first-order chi connectivity index (χ1) is 9.29. The summed E-state index contributed by atoms with van der Waals surface area (Å²) in [5.41, 5.74) is 6.92. The van der Waals surface area contributed by atoms with E-state index in [0.717, 1.165) is 12.1 Å². The number of sulfone groups is 1. The van der Waals surface area contributed by atoms with Gasteiger partial charge in [0.2, 0.25) is 0 Å². The lowest BCUT2D eigenvalue weighted by Crippen LogP contribution is -2.13. The third-order valence-corrected chi connectivity index (χ3v) is 4.07. The molecule has 8 heteroatoms. The number of nitrogens with two attached hydrogens (primary N) is 1. The van der Waals surface area contributed by atoms with Crippen LogP contribution >= 0.6 is 0 Å². The third-order valence-electron chi connectivity index (χ3n) is 2.96. The monoisotopic (exact) mass is 295 g/mol. The first-order valence-corrected chi connectivity index (χ1v) is 7.88. The maximum Gasteiger partial charge on any atom is 0.175 e. The molecule has 108 valence electrons. The SMILES string of the molecule is CC(Nc1ccc(S(C)(=O)=O)cc1N)c1nncn1C. The van der Waals surface area contributed by atoms with Gasteiger partial charge in [-0.15, -0.1) is 10.2 Å². The summed E-state index contributed by atoms with van der Waals surface area (Å²) in [6.45, 7) is 1.92. The Bertz CT molecular complexity index is 723. The minimum Gasteiger partial charge on any atom is -0.397 e. The fourth-order valence-corrected chi connectivity index (χ4v) is 2.54. The number of rotatable bonds is 4. The van der Waals surface area contributed by atoms with Crippen LogP contribution in [0.1, 0.15) is 18.8 Å². The summed E-state index contributed by atoms with van der Waals surface area (Å²) >= 11 is 0. The van der Waals surface area contributed by atoms with E-state index in [1.807, 2.05) is 14.0 Å². The van der Waals surface area contributed by atoms with Gasteiger partial charge in [-0.05, 0) is 25.1 Å². The number of nitrogens with one attached hydrogen (secondary N) is 1. The fraction of sp³-hybridized carbons (Fsp3) is 0.333. The molecule has 0 amide bonds. The number of aryl methyl sites for hydroxylation is 1. The molecule has 1 aromatic carbocycles. The Kier molecular flexibility index (Phi) is 3.67. The van der Waals surface area contributed by atoms with Crippen LogP contribution in [0.3, 0.4) is 0 Å². The van der Waals surface area contributed by atoms with Gasteiger partial charge in [-0.3, -0.25) is 0 Å². The molecular weight excluding hydrogens is 278 g/mol. The van der Waals surface area contributed by atoms with Gasteiger partial charge < -0.3 is 15.6 Å². The second kappa shape index (κ2) is 5.12. The number of benzene rings is 1. The number of hydrogen-bond acceptors (Lipinski definition) is 6. The Morgan fingerprint density at radius 1 is 1.40 bits per heavy atom. The van der Waals surface area contributed by atoms with Gasteiger partial charge in [0, 0.05) is 13.3 Å². The van der Waals surface area contributed by atoms with Crippen molar-refractivity contribution < 1.29 is 8.42 Å². The van der Waals surface area contributed by atoms with Crippen molar-refractivity contribution in [3.8, 4) is 0 Å². The van der Waals surface area contributed by atoms with Gasteiger partial charge in [-0.1, -0.05) is 0 Å². The molecule has 0 aliphatic rings. The Hall–Kier alpha value is -2.09. The zero-order valence-electron chi connectivity index (χ0n) is 11.5. The topological polar surface area (TPSA) is 103 Å². The van der Waals surface area contributed by atoms with Gasteiger partial charge >= 0.3 is 0 Å². The Morgan fingerprint density at radius 3 is 2.60 bits per heavy atom. The van der Waals surface area contributed by atoms with E-state index in [1.54, 1.807) is 17.0 Å². The summed E-state index contributed by atoms with van der Waals surface area (Å²) < 4.78 is 24.7. The highest BCUT2D eigenvalue weighted by Crippen LogP contribution is 2.26. The van der Waals surface area contributed by atoms with E-state index in [2.05, 4.69) is 15.5 Å². The predicted molar refractivity (Wildman–Crippen MR) is 77.0 cm³/mol. The van der Waals surface area contributed by atoms with Crippen LogP contribution in [-0.2, 0) is 16.9 Å². The summed E-state index contributed by atoms with van der Waals surface area (Å²) in [4.78, 5) is 0.201. The molecule has 0 spiro atoms. The van der Waals surface area contributed by atoms with E-state index in [-0.39, 0.29) is 10.9 Å². The van der Waals surface area contributed by atoms with Crippen LogP contribution in [0.15, 0.2) is 29.4 Å². The van der Waals surface area contributed by atoms with Crippen molar-refractivity contribution in [3.63, 3.8) is 0 Å². The van der Waals surface area contributed by atoms with Crippen LogP contribution in [0.2, 0.25) is 0 Å². The molecule has 3 N–H and O–H groups in total. The van der Waals surface area contributed by atoms with Gasteiger partial charge in [-0.25, -0.2) is 8.42 Å². The van der Waals surface area contributed by atoms with E-state index >= 15 is 0 Å². The predicted octanol–water partition coefficient (Wildman–Crippen LogP) is 0.974. The van der Waals surface area contributed by atoms with Crippen molar-refractivity contribution in [3.05, 3.63) is 30.4 Å². The van der Waals surface area contributed by atoms with Crippen molar-refractivity contribution in [2.45, 2.75) is 17.9 Å². The summed E-state index contributed by atoms with van der Waals surface area (Å²) in [7, 11) is -1.40. The lowest BCUT2D eigenvalue weighted by molar-refractivity contribution is 0.602. The molecule has 0 saturated heterocycles. The maximum atomic E-state index is 11.5. The third kappa shape index (κ3) is 2.90. The van der Waals surface area contributed by atoms with Crippen LogP contribution in [0.25, 0.3) is 0 Å². The Morgan fingerprint density at radius 2 is 2.10 bits per heavy atom. The van der Waals surface area contributed by atoms with Crippen molar-refractivity contribution in [2.75, 3.05) is 17.3 Å². The molecular formula is C12H17N5O2S. The largest absolute Gasteiger partial charge is 0.397 e. The first kappa shape index (κ1) is 14.3. The second-order valence-corrected chi connectivity index (χ2v) is 6.70. The molecule has 1 heterocycles. The molecule has 0 aliphatic heterocycles. The highest BCUT2D eigenvalue weighted by molar-refractivity contribution is 7.90. The van der Waals surface area contributed by atoms with Gasteiger partial charge in [0.05, 0.1) is 22.3 Å². The van der Waals surface area contributed by atoms with E-state index < -0.39 is 9.84 Å². The normalized spacial score (nSPS) is 13.2. The Labute approximate surface area is 117 Å². The molecule has 2 aromatic rings. The molecule has 0 bridgehead atoms. The quantitative estimate of drug-likeness (QED) is 0.815. The van der Waals surface area contributed by atoms with E-state index in [1.165, 1.54) is 12.1 Å². The summed E-state index contributed by atoms with van der Waals surface area (Å²) in [6.07, 6.45) is 2.76. The van der Waals surface area contributed by atoms with E-state index in [4.69, 9.17) is 5.73 Å². The molecule has 2 rings (SSSR count). The standard InChI is InChI=1S/C12H17N5O2S/c1-8(12-16-14-7-17(12)2)15-11-5-4-9(6-10(11)13)20(3,18)19/h4-8,15H,13H2,1-3H3. The molecule has 0 saturated carbocycles. The summed E-state index contributed by atoms with van der Waals surface area (Å²) in [5, 5.41) is 11.0. The van der Waals surface area contributed by atoms with Crippen LogP contribution in [0.5, 0.6) is 0 Å². The molecule has 1 atom stereocenters. The lowest BCUT2D eigenvalue weighted by atomic mass is 10.2. The minimum atomic E-state index is -3.25. The molecule has 7 nitrogen and oxygen atoms in total. The molecule has 0 radical (unpaired) electrons. The van der Waals surface area contributed by atoms with Crippen molar-refractivity contribution in [1.29, 1.82) is 0 Å². The van der Waals surface area contributed by atoms with Crippen LogP contribution in [0.4, 0.5) is 11.4 Å². The van der Waals surface area contributed by atoms with E-state index in [0.29, 0.717) is 11.4 Å². The van der Waals surface area contributed by atoms with E-state index in [9.17, 15) is 8.42 Å². The average molecular weight is 295 g/mol. The summed E-state index contributed by atoms with van der Waals surface area (Å²) in [5.74, 6) is 0.761. The van der Waals surface area contributed by atoms with Gasteiger partial charge in [0.15, 0.2) is 15.7 Å². The summed E-state index contributed by atoms with van der Waals surface area (Å²) in [6, 6.07) is 4.52. The fourth-order valence-electron chi connectivity index (χ4n) is 1.88.